The van der Waals surface area contributed by atoms with Crippen LogP contribution in [-0.2, 0) is 22.5 Å². The third-order valence-electron chi connectivity index (χ3n) is 6.77. The van der Waals surface area contributed by atoms with E-state index < -0.39 is 23.3 Å². The van der Waals surface area contributed by atoms with E-state index >= 15 is 0 Å². The topological polar surface area (TPSA) is 123 Å². The highest BCUT2D eigenvalue weighted by atomic mass is 16.5. The second-order valence-electron chi connectivity index (χ2n) is 9.18. The Labute approximate surface area is 218 Å². The molecule has 1 fully saturated rings. The van der Waals surface area contributed by atoms with Crippen molar-refractivity contribution in [2.75, 3.05) is 25.1 Å². The summed E-state index contributed by atoms with van der Waals surface area (Å²) in [5.41, 5.74) is 0.860. The first-order valence-electron chi connectivity index (χ1n) is 12.4. The molecule has 1 aliphatic heterocycles. The van der Waals surface area contributed by atoms with Crippen molar-refractivity contribution in [3.05, 3.63) is 98.3 Å². The Bertz CT molecular complexity index is 1630. The van der Waals surface area contributed by atoms with Gasteiger partial charge in [-0.05, 0) is 36.1 Å². The molecule has 3 heterocycles. The van der Waals surface area contributed by atoms with Gasteiger partial charge in [0.15, 0.2) is 5.65 Å². The van der Waals surface area contributed by atoms with Crippen LogP contribution in [0.15, 0.2) is 70.4 Å². The van der Waals surface area contributed by atoms with Crippen molar-refractivity contribution in [3.63, 3.8) is 0 Å². The molecular weight excluding hydrogens is 484 g/mol. The predicted octanol–water partition coefficient (Wildman–Crippen LogP) is 2.43. The minimum atomic E-state index is -1.18. The molecule has 1 aliphatic rings. The summed E-state index contributed by atoms with van der Waals surface area (Å²) in [5, 5.41) is 9.28. The summed E-state index contributed by atoms with van der Waals surface area (Å²) >= 11 is 0. The summed E-state index contributed by atoms with van der Waals surface area (Å²) in [7, 11) is 1.23. The molecule has 2 aromatic carbocycles. The Morgan fingerprint density at radius 3 is 2.42 bits per heavy atom. The largest absolute Gasteiger partial charge is 0.467 e. The molecule has 1 atom stereocenters. The number of methoxy groups -OCH3 is 1. The van der Waals surface area contributed by atoms with E-state index in [9.17, 15) is 14.4 Å². The van der Waals surface area contributed by atoms with Crippen LogP contribution in [0.4, 0.5) is 5.95 Å². The van der Waals surface area contributed by atoms with Gasteiger partial charge in [0.05, 0.1) is 25.3 Å². The average Bonchev–Trinajstić information content (AvgIpc) is 3.50. The molecule has 2 aromatic heterocycles. The second kappa shape index (κ2) is 10.7. The number of nitriles is 1. The number of hydrogen-bond acceptors (Lipinski definition) is 8. The molecule has 10 heteroatoms. The maximum Gasteiger partial charge on any atom is 0.333 e. The van der Waals surface area contributed by atoms with Crippen molar-refractivity contribution in [3.8, 4) is 6.07 Å². The molecule has 0 bridgehead atoms. The Kier molecular flexibility index (Phi) is 7.00. The van der Waals surface area contributed by atoms with Crippen molar-refractivity contribution in [2.24, 2.45) is 0 Å². The molecule has 0 amide bonds. The molecule has 1 saturated heterocycles. The first-order chi connectivity index (χ1) is 18.5. The van der Waals surface area contributed by atoms with Gasteiger partial charge in [0, 0.05) is 25.7 Å². The summed E-state index contributed by atoms with van der Waals surface area (Å²) in [5.74, 6) is -0.249. The zero-order valence-corrected chi connectivity index (χ0v) is 20.9. The van der Waals surface area contributed by atoms with E-state index in [1.807, 2.05) is 35.2 Å². The number of anilines is 1. The first kappa shape index (κ1) is 24.9. The van der Waals surface area contributed by atoms with Crippen molar-refractivity contribution >= 4 is 23.0 Å². The molecule has 10 nitrogen and oxygen atoms in total. The number of ether oxygens (including phenoxy) is 1. The minimum Gasteiger partial charge on any atom is -0.467 e. The lowest BCUT2D eigenvalue weighted by Crippen LogP contribution is -2.46. The van der Waals surface area contributed by atoms with Crippen molar-refractivity contribution < 1.29 is 9.53 Å². The number of nitrogens with zero attached hydrogens (tertiary/aromatic N) is 6. The number of carbonyl (C=O) groups excluding carboxylic acids is 1. The summed E-state index contributed by atoms with van der Waals surface area (Å²) < 4.78 is 7.35. The average molecular weight is 511 g/mol. The summed E-state index contributed by atoms with van der Waals surface area (Å²) in [6, 6.07) is 16.9. The van der Waals surface area contributed by atoms with E-state index in [2.05, 4.69) is 16.0 Å². The number of fused-ring (bicyclic) bond motifs is 1. The quantitative estimate of drug-likeness (QED) is 0.347. The number of hydrogen-bond donors (Lipinski definition) is 0. The van der Waals surface area contributed by atoms with Gasteiger partial charge in [0.2, 0.25) is 5.95 Å². The fourth-order valence-electron chi connectivity index (χ4n) is 4.77. The van der Waals surface area contributed by atoms with Crippen molar-refractivity contribution in [1.82, 2.24) is 19.1 Å². The van der Waals surface area contributed by atoms with Crippen LogP contribution < -0.4 is 16.1 Å². The number of benzene rings is 2. The van der Waals surface area contributed by atoms with Gasteiger partial charge in [-0.2, -0.15) is 10.2 Å². The summed E-state index contributed by atoms with van der Waals surface area (Å²) in [6.07, 6.45) is 3.56. The Hall–Kier alpha value is -4.78. The van der Waals surface area contributed by atoms with Crippen molar-refractivity contribution in [2.45, 2.75) is 31.8 Å². The van der Waals surface area contributed by atoms with Gasteiger partial charge in [-0.25, -0.2) is 19.1 Å². The summed E-state index contributed by atoms with van der Waals surface area (Å²) in [4.78, 5) is 51.8. The Balaban J connectivity index is 1.72. The van der Waals surface area contributed by atoms with E-state index in [1.165, 1.54) is 17.9 Å². The third-order valence-corrected chi connectivity index (χ3v) is 6.77. The van der Waals surface area contributed by atoms with Gasteiger partial charge in [0.25, 0.3) is 5.56 Å². The van der Waals surface area contributed by atoms with E-state index in [0.717, 1.165) is 41.6 Å². The molecule has 4 aromatic rings. The second-order valence-corrected chi connectivity index (χ2v) is 9.18. The molecule has 0 N–H and O–H groups in total. The summed E-state index contributed by atoms with van der Waals surface area (Å²) in [6.45, 7) is 1.67. The zero-order valence-electron chi connectivity index (χ0n) is 20.9. The van der Waals surface area contributed by atoms with E-state index in [-0.39, 0.29) is 24.0 Å². The van der Waals surface area contributed by atoms with Gasteiger partial charge < -0.3 is 9.64 Å². The van der Waals surface area contributed by atoms with Crippen LogP contribution in [0, 0.1) is 11.3 Å². The van der Waals surface area contributed by atoms with Crippen LogP contribution in [0.1, 0.15) is 35.6 Å². The Morgan fingerprint density at radius 1 is 1.05 bits per heavy atom. The van der Waals surface area contributed by atoms with Gasteiger partial charge in [-0.15, -0.1) is 0 Å². The lowest BCUT2D eigenvalue weighted by atomic mass is 10.1. The fourth-order valence-corrected chi connectivity index (χ4v) is 4.77. The molecule has 0 unspecified atom stereocenters. The molecule has 0 aliphatic carbocycles. The van der Waals surface area contributed by atoms with Crippen LogP contribution in [0.2, 0.25) is 0 Å². The van der Waals surface area contributed by atoms with Crippen LogP contribution in [0.5, 0.6) is 0 Å². The first-order valence-corrected chi connectivity index (χ1v) is 12.4. The standard InChI is InChI=1S/C28H26N6O4/c1-38-26(36)23(15-19-7-3-2-4-8-19)34-25(35)22-17-30-27(32-13-5-6-14-32)31-24(22)33(28(34)37)18-21-11-9-20(16-29)10-12-21/h2-4,7-12,17,23H,5-6,13-15,18H2,1H3/t23-/m1/s1. The third kappa shape index (κ3) is 4.78. The minimum absolute atomic E-state index is 0.0804. The van der Waals surface area contributed by atoms with Crippen molar-refractivity contribution in [1.29, 1.82) is 5.26 Å². The molecule has 0 saturated carbocycles. The molecule has 38 heavy (non-hydrogen) atoms. The maximum atomic E-state index is 14.0. The van der Waals surface area contributed by atoms with Gasteiger partial charge >= 0.3 is 11.7 Å². The number of esters is 1. The number of carbonyl (C=O) groups is 1. The van der Waals surface area contributed by atoms with E-state index in [0.29, 0.717) is 11.5 Å². The van der Waals surface area contributed by atoms with E-state index in [4.69, 9.17) is 10.00 Å². The highest BCUT2D eigenvalue weighted by Gasteiger charge is 2.29. The van der Waals surface area contributed by atoms with Crippen LogP contribution >= 0.6 is 0 Å². The lowest BCUT2D eigenvalue weighted by Gasteiger charge is -2.21. The van der Waals surface area contributed by atoms with Crippen LogP contribution in [0.25, 0.3) is 11.0 Å². The Morgan fingerprint density at radius 2 is 1.76 bits per heavy atom. The molecular formula is C28H26N6O4. The molecule has 0 radical (unpaired) electrons. The smallest absolute Gasteiger partial charge is 0.333 e. The SMILES string of the molecule is COC(=O)[C@@H](Cc1ccccc1)n1c(=O)c2cnc(N3CCCC3)nc2n(Cc2ccc(C#N)cc2)c1=O. The molecule has 5 rings (SSSR count). The van der Waals surface area contributed by atoms with Gasteiger partial charge in [0.1, 0.15) is 11.4 Å². The normalized spacial score (nSPS) is 13.8. The highest BCUT2D eigenvalue weighted by Crippen LogP contribution is 2.20. The lowest BCUT2D eigenvalue weighted by molar-refractivity contribution is -0.144. The fraction of sp³-hybridized carbons (Fsp3) is 0.286. The van der Waals surface area contributed by atoms with Gasteiger partial charge in [-0.3, -0.25) is 9.36 Å². The molecule has 0 spiro atoms. The highest BCUT2D eigenvalue weighted by molar-refractivity contribution is 5.77. The monoisotopic (exact) mass is 510 g/mol. The maximum absolute atomic E-state index is 14.0. The molecule has 192 valence electrons. The van der Waals surface area contributed by atoms with Crippen LogP contribution in [-0.4, -0.2) is 45.3 Å². The van der Waals surface area contributed by atoms with Crippen LogP contribution in [0.3, 0.4) is 0 Å². The number of aromatic nitrogens is 4. The predicted molar refractivity (Wildman–Crippen MR) is 141 cm³/mol. The number of rotatable bonds is 7. The van der Waals surface area contributed by atoms with E-state index in [1.54, 1.807) is 24.3 Å². The zero-order chi connectivity index (χ0) is 26.6. The van der Waals surface area contributed by atoms with Gasteiger partial charge in [-0.1, -0.05) is 42.5 Å².